The Morgan fingerprint density at radius 2 is 1.95 bits per heavy atom. The van der Waals surface area contributed by atoms with Gasteiger partial charge in [0.15, 0.2) is 0 Å². The fraction of sp³-hybridized carbons (Fsp3) is 0.556. The van der Waals surface area contributed by atoms with Gasteiger partial charge in [0.25, 0.3) is 0 Å². The number of benzene rings is 1. The largest absolute Gasteiger partial charge is 0.493 e. The lowest BCUT2D eigenvalue weighted by Crippen LogP contribution is -2.17. The van der Waals surface area contributed by atoms with Crippen LogP contribution < -0.4 is 10.1 Å². The summed E-state index contributed by atoms with van der Waals surface area (Å²) >= 11 is 0. The Bertz CT molecular complexity index is 410. The predicted molar refractivity (Wildman–Crippen MR) is 86.1 cm³/mol. The molecule has 1 aliphatic rings. The van der Waals surface area contributed by atoms with Gasteiger partial charge >= 0.3 is 0 Å². The monoisotopic (exact) mass is 273 g/mol. The smallest absolute Gasteiger partial charge is 0.126 e. The van der Waals surface area contributed by atoms with Gasteiger partial charge < -0.3 is 10.1 Å². The quantitative estimate of drug-likeness (QED) is 0.638. The van der Waals surface area contributed by atoms with E-state index in [1.807, 2.05) is 13.0 Å². The molecule has 0 aromatic heterocycles. The van der Waals surface area contributed by atoms with Gasteiger partial charge in [-0.1, -0.05) is 43.2 Å². The van der Waals surface area contributed by atoms with Crippen molar-refractivity contribution in [1.82, 2.24) is 5.32 Å². The van der Waals surface area contributed by atoms with Crippen molar-refractivity contribution in [1.29, 1.82) is 0 Å². The van der Waals surface area contributed by atoms with E-state index in [0.717, 1.165) is 24.8 Å². The number of ether oxygens (including phenoxy) is 1. The molecule has 1 N–H and O–H groups in total. The van der Waals surface area contributed by atoms with Crippen LogP contribution in [0.1, 0.15) is 51.0 Å². The molecule has 2 nitrogen and oxygen atoms in total. The van der Waals surface area contributed by atoms with Gasteiger partial charge in [-0.2, -0.15) is 0 Å². The first-order valence-electron chi connectivity index (χ1n) is 7.98. The van der Waals surface area contributed by atoms with Crippen molar-refractivity contribution < 1.29 is 4.74 Å². The van der Waals surface area contributed by atoms with Crippen LogP contribution in [0.2, 0.25) is 0 Å². The third-order valence-corrected chi connectivity index (χ3v) is 3.60. The number of rotatable bonds is 10. The van der Waals surface area contributed by atoms with Crippen LogP contribution in [-0.2, 0) is 0 Å². The molecule has 110 valence electrons. The molecule has 0 unspecified atom stereocenters. The molecule has 0 radical (unpaired) electrons. The second-order valence-electron chi connectivity index (χ2n) is 5.53. The Kier molecular flexibility index (Phi) is 6.65. The van der Waals surface area contributed by atoms with Crippen LogP contribution in [0.3, 0.4) is 0 Å². The Morgan fingerprint density at radius 1 is 1.15 bits per heavy atom. The number of allylic oxidation sites excluding steroid dienone is 1. The Balaban J connectivity index is 1.53. The van der Waals surface area contributed by atoms with Crippen LogP contribution in [0.25, 0.3) is 6.08 Å². The maximum absolute atomic E-state index is 5.88. The van der Waals surface area contributed by atoms with Gasteiger partial charge in [-0.15, -0.1) is 0 Å². The summed E-state index contributed by atoms with van der Waals surface area (Å²) in [5.41, 5.74) is 1.17. The van der Waals surface area contributed by atoms with Gasteiger partial charge in [0, 0.05) is 11.6 Å². The molecule has 2 rings (SSSR count). The summed E-state index contributed by atoms with van der Waals surface area (Å²) in [7, 11) is 0. The second-order valence-corrected chi connectivity index (χ2v) is 5.53. The van der Waals surface area contributed by atoms with Gasteiger partial charge in [0.05, 0.1) is 6.61 Å². The summed E-state index contributed by atoms with van der Waals surface area (Å²) in [5.74, 6) is 1.00. The van der Waals surface area contributed by atoms with E-state index < -0.39 is 0 Å². The molecule has 1 saturated carbocycles. The summed E-state index contributed by atoms with van der Waals surface area (Å²) in [6.45, 7) is 4.05. The third kappa shape index (κ3) is 5.79. The van der Waals surface area contributed by atoms with E-state index in [1.165, 1.54) is 44.2 Å². The lowest BCUT2D eigenvalue weighted by atomic mass is 10.2. The molecule has 0 heterocycles. The SMILES string of the molecule is CC=Cc1ccccc1OCCCCCCNC1CC1. The number of hydrogen-bond donors (Lipinski definition) is 1. The van der Waals surface area contributed by atoms with Gasteiger partial charge in [0.2, 0.25) is 0 Å². The minimum absolute atomic E-state index is 0.824. The highest BCUT2D eigenvalue weighted by molar-refractivity contribution is 5.56. The highest BCUT2D eigenvalue weighted by Crippen LogP contribution is 2.20. The van der Waals surface area contributed by atoms with Crippen LogP contribution in [0.15, 0.2) is 30.3 Å². The average molecular weight is 273 g/mol. The molecule has 1 aliphatic carbocycles. The van der Waals surface area contributed by atoms with Crippen LogP contribution in [0.5, 0.6) is 5.75 Å². The molecule has 2 heteroatoms. The third-order valence-electron chi connectivity index (χ3n) is 3.60. The van der Waals surface area contributed by atoms with Crippen molar-refractivity contribution >= 4 is 6.08 Å². The maximum atomic E-state index is 5.88. The van der Waals surface area contributed by atoms with Crippen LogP contribution in [0, 0.1) is 0 Å². The van der Waals surface area contributed by atoms with E-state index in [-0.39, 0.29) is 0 Å². The fourth-order valence-corrected chi connectivity index (χ4v) is 2.29. The lowest BCUT2D eigenvalue weighted by Gasteiger charge is -2.09. The minimum atomic E-state index is 0.824. The maximum Gasteiger partial charge on any atom is 0.126 e. The first-order chi connectivity index (χ1) is 9.90. The van der Waals surface area contributed by atoms with Crippen molar-refractivity contribution in [2.75, 3.05) is 13.2 Å². The number of nitrogens with one attached hydrogen (secondary N) is 1. The molecule has 20 heavy (non-hydrogen) atoms. The Labute approximate surface area is 123 Å². The van der Waals surface area contributed by atoms with Crippen molar-refractivity contribution in [3.8, 4) is 5.75 Å². The average Bonchev–Trinajstić information content (AvgIpc) is 3.28. The minimum Gasteiger partial charge on any atom is -0.493 e. The molecular weight excluding hydrogens is 246 g/mol. The number of para-hydroxylation sites is 1. The zero-order chi connectivity index (χ0) is 14.0. The second kappa shape index (κ2) is 8.80. The highest BCUT2D eigenvalue weighted by atomic mass is 16.5. The van der Waals surface area contributed by atoms with E-state index in [0.29, 0.717) is 0 Å². The van der Waals surface area contributed by atoms with Gasteiger partial charge in [-0.25, -0.2) is 0 Å². The van der Waals surface area contributed by atoms with Crippen molar-refractivity contribution in [3.63, 3.8) is 0 Å². The van der Waals surface area contributed by atoms with Gasteiger partial charge in [-0.05, 0) is 45.2 Å². The van der Waals surface area contributed by atoms with Crippen molar-refractivity contribution in [2.24, 2.45) is 0 Å². The first-order valence-corrected chi connectivity index (χ1v) is 7.98. The summed E-state index contributed by atoms with van der Waals surface area (Å²) in [5, 5.41) is 3.56. The molecule has 1 fully saturated rings. The topological polar surface area (TPSA) is 21.3 Å². The van der Waals surface area contributed by atoms with E-state index in [2.05, 4.69) is 35.7 Å². The highest BCUT2D eigenvalue weighted by Gasteiger charge is 2.19. The van der Waals surface area contributed by atoms with E-state index in [4.69, 9.17) is 4.74 Å². The Morgan fingerprint density at radius 3 is 2.75 bits per heavy atom. The summed E-state index contributed by atoms with van der Waals surface area (Å²) < 4.78 is 5.88. The molecule has 1 aromatic rings. The zero-order valence-electron chi connectivity index (χ0n) is 12.6. The molecule has 0 saturated heterocycles. The van der Waals surface area contributed by atoms with Crippen LogP contribution >= 0.6 is 0 Å². The Hall–Kier alpha value is -1.28. The van der Waals surface area contributed by atoms with E-state index in [9.17, 15) is 0 Å². The van der Waals surface area contributed by atoms with E-state index in [1.54, 1.807) is 0 Å². The molecule has 0 aliphatic heterocycles. The predicted octanol–water partition coefficient (Wildman–Crippen LogP) is 4.41. The summed E-state index contributed by atoms with van der Waals surface area (Å²) in [4.78, 5) is 0. The lowest BCUT2D eigenvalue weighted by molar-refractivity contribution is 0.304. The molecule has 0 amide bonds. The normalized spacial score (nSPS) is 14.8. The standard InChI is InChI=1S/C18H27NO/c1-2-9-16-10-5-6-11-18(16)20-15-8-4-3-7-14-19-17-12-13-17/h2,5-6,9-11,17,19H,3-4,7-8,12-15H2,1H3. The fourth-order valence-electron chi connectivity index (χ4n) is 2.29. The number of unbranched alkanes of at least 4 members (excludes halogenated alkanes) is 3. The van der Waals surface area contributed by atoms with Gasteiger partial charge in [-0.3, -0.25) is 0 Å². The van der Waals surface area contributed by atoms with Gasteiger partial charge in [0.1, 0.15) is 5.75 Å². The molecular formula is C18H27NO. The summed E-state index contributed by atoms with van der Waals surface area (Å²) in [6.07, 6.45) is 11.9. The molecule has 0 spiro atoms. The van der Waals surface area contributed by atoms with Crippen molar-refractivity contribution in [2.45, 2.75) is 51.5 Å². The molecule has 0 bridgehead atoms. The van der Waals surface area contributed by atoms with E-state index >= 15 is 0 Å². The first kappa shape index (κ1) is 15.1. The van der Waals surface area contributed by atoms with Crippen molar-refractivity contribution in [3.05, 3.63) is 35.9 Å². The molecule has 0 atom stereocenters. The zero-order valence-corrected chi connectivity index (χ0v) is 12.6. The van der Waals surface area contributed by atoms with Crippen LogP contribution in [-0.4, -0.2) is 19.2 Å². The molecule has 1 aromatic carbocycles. The van der Waals surface area contributed by atoms with Crippen LogP contribution in [0.4, 0.5) is 0 Å². The number of hydrogen-bond acceptors (Lipinski definition) is 2. The summed E-state index contributed by atoms with van der Waals surface area (Å²) in [6, 6.07) is 9.08.